The number of rotatable bonds is 1. The minimum Gasteiger partial charge on any atom is -0.367 e. The molecule has 1 fully saturated rings. The third-order valence-electron chi connectivity index (χ3n) is 2.85. The summed E-state index contributed by atoms with van der Waals surface area (Å²) >= 11 is 6.92. The zero-order valence-electron chi connectivity index (χ0n) is 9.45. The lowest BCUT2D eigenvalue weighted by atomic mass is 10.1. The Kier molecular flexibility index (Phi) is 4.06. The van der Waals surface area contributed by atoms with Crippen molar-refractivity contribution in [2.45, 2.75) is 6.42 Å². The Morgan fingerprint density at radius 1 is 1.11 bits per heavy atom. The third-order valence-corrected chi connectivity index (χ3v) is 3.77. The molecule has 0 atom stereocenters. The molecule has 18 heavy (non-hydrogen) atoms. The van der Waals surface area contributed by atoms with Crippen LogP contribution in [0.2, 0.25) is 0 Å². The van der Waals surface area contributed by atoms with Crippen LogP contribution >= 0.6 is 31.9 Å². The number of anilines is 1. The lowest BCUT2D eigenvalue weighted by Crippen LogP contribution is -2.18. The van der Waals surface area contributed by atoms with E-state index in [2.05, 4.69) is 36.8 Å². The molecule has 0 N–H and O–H groups in total. The van der Waals surface area contributed by atoms with Crippen LogP contribution in [0, 0.1) is 22.7 Å². The quantitative estimate of drug-likeness (QED) is 0.711. The predicted octanol–water partition coefficient (Wildman–Crippen LogP) is 3.77. The molecule has 5 heteroatoms. The number of hydrogen-bond donors (Lipinski definition) is 0. The number of nitriles is 2. The maximum absolute atomic E-state index is 8.87. The van der Waals surface area contributed by atoms with Crippen LogP contribution in [-0.2, 0) is 0 Å². The first-order valence-corrected chi connectivity index (χ1v) is 6.96. The second kappa shape index (κ2) is 5.56. The van der Waals surface area contributed by atoms with E-state index < -0.39 is 0 Å². The van der Waals surface area contributed by atoms with E-state index in [9.17, 15) is 0 Å². The Labute approximate surface area is 123 Å². The number of nitrogens with zero attached hydrogens (tertiary/aromatic N) is 3. The van der Waals surface area contributed by atoms with Gasteiger partial charge in [0.2, 0.25) is 0 Å². The highest BCUT2D eigenvalue weighted by atomic mass is 79.9. The Balaban J connectivity index is 2.27. The van der Waals surface area contributed by atoms with Crippen LogP contribution in [0.4, 0.5) is 5.69 Å². The van der Waals surface area contributed by atoms with Crippen LogP contribution in [0.5, 0.6) is 0 Å². The summed E-state index contributed by atoms with van der Waals surface area (Å²) in [6, 6.07) is 9.97. The van der Waals surface area contributed by atoms with Crippen molar-refractivity contribution >= 4 is 37.5 Å². The largest absolute Gasteiger partial charge is 0.367 e. The van der Waals surface area contributed by atoms with Crippen molar-refractivity contribution < 1.29 is 0 Å². The molecule has 1 aliphatic rings. The number of allylic oxidation sites excluding steroid dienone is 1. The first kappa shape index (κ1) is 13.1. The summed E-state index contributed by atoms with van der Waals surface area (Å²) in [7, 11) is 0. The smallest absolute Gasteiger partial charge is 0.130 e. The van der Waals surface area contributed by atoms with Gasteiger partial charge in [-0.3, -0.25) is 0 Å². The van der Waals surface area contributed by atoms with Gasteiger partial charge in [0.25, 0.3) is 0 Å². The van der Waals surface area contributed by atoms with E-state index in [1.807, 2.05) is 30.3 Å². The fourth-order valence-electron chi connectivity index (χ4n) is 1.99. The van der Waals surface area contributed by atoms with Crippen molar-refractivity contribution in [3.05, 3.63) is 38.3 Å². The Morgan fingerprint density at radius 2 is 1.72 bits per heavy atom. The second-order valence-corrected chi connectivity index (χ2v) is 5.83. The van der Waals surface area contributed by atoms with Gasteiger partial charge in [0.15, 0.2) is 0 Å². The van der Waals surface area contributed by atoms with Crippen molar-refractivity contribution in [3.8, 4) is 12.1 Å². The Hall–Kier alpha value is -1.30. The molecule has 1 aliphatic heterocycles. The van der Waals surface area contributed by atoms with Gasteiger partial charge in [0.05, 0.1) is 0 Å². The summed E-state index contributed by atoms with van der Waals surface area (Å²) in [5.41, 5.74) is 2.27. The van der Waals surface area contributed by atoms with Crippen LogP contribution < -0.4 is 4.90 Å². The summed E-state index contributed by atoms with van der Waals surface area (Å²) in [6.45, 7) is 1.49. The van der Waals surface area contributed by atoms with E-state index in [4.69, 9.17) is 10.5 Å². The number of hydrogen-bond acceptors (Lipinski definition) is 3. The molecular formula is C13H9Br2N3. The molecular weight excluding hydrogens is 358 g/mol. The van der Waals surface area contributed by atoms with Crippen molar-refractivity contribution in [1.82, 2.24) is 0 Å². The van der Waals surface area contributed by atoms with E-state index in [-0.39, 0.29) is 5.57 Å². The molecule has 0 saturated carbocycles. The summed E-state index contributed by atoms with van der Waals surface area (Å²) in [6.07, 6.45) is 0.778. The van der Waals surface area contributed by atoms with E-state index in [0.717, 1.165) is 33.2 Å². The molecule has 1 heterocycles. The molecule has 0 aromatic heterocycles. The van der Waals surface area contributed by atoms with E-state index in [1.165, 1.54) is 0 Å². The topological polar surface area (TPSA) is 50.8 Å². The van der Waals surface area contributed by atoms with Gasteiger partial charge >= 0.3 is 0 Å². The molecule has 0 bridgehead atoms. The first-order chi connectivity index (χ1) is 8.63. The van der Waals surface area contributed by atoms with Crippen molar-refractivity contribution in [1.29, 1.82) is 10.5 Å². The second-order valence-electron chi connectivity index (χ2n) is 4.00. The molecule has 0 radical (unpaired) electrons. The van der Waals surface area contributed by atoms with Gasteiger partial charge in [-0.25, -0.2) is 0 Å². The lowest BCUT2D eigenvalue weighted by Gasteiger charge is -2.18. The highest BCUT2D eigenvalue weighted by Gasteiger charge is 2.20. The molecule has 1 aromatic rings. The molecule has 90 valence electrons. The lowest BCUT2D eigenvalue weighted by molar-refractivity contribution is 0.967. The monoisotopic (exact) mass is 365 g/mol. The van der Waals surface area contributed by atoms with E-state index in [1.54, 1.807) is 0 Å². The van der Waals surface area contributed by atoms with Crippen LogP contribution in [0.15, 0.2) is 38.3 Å². The molecule has 3 nitrogen and oxygen atoms in total. The zero-order chi connectivity index (χ0) is 13.1. The Bertz CT molecular complexity index is 557. The SMILES string of the molecule is N#CC(C#N)=C1CCN(c2cc(Br)cc(Br)c2)C1. The standard InChI is InChI=1S/C13H9Br2N3/c14-11-3-12(15)5-13(4-11)18-2-1-9(8-18)10(6-16)7-17/h3-5H,1-2,8H2. The predicted molar refractivity (Wildman–Crippen MR) is 76.9 cm³/mol. The summed E-state index contributed by atoms with van der Waals surface area (Å²) in [5.74, 6) is 0. The first-order valence-electron chi connectivity index (χ1n) is 5.37. The summed E-state index contributed by atoms with van der Waals surface area (Å²) in [4.78, 5) is 2.17. The van der Waals surface area contributed by atoms with Crippen molar-refractivity contribution in [2.24, 2.45) is 0 Å². The zero-order valence-corrected chi connectivity index (χ0v) is 12.6. The summed E-state index contributed by atoms with van der Waals surface area (Å²) in [5, 5.41) is 17.7. The third kappa shape index (κ3) is 2.75. The summed E-state index contributed by atoms with van der Waals surface area (Å²) < 4.78 is 2.01. The molecule has 1 saturated heterocycles. The molecule has 2 rings (SSSR count). The highest BCUT2D eigenvalue weighted by molar-refractivity contribution is 9.11. The average Bonchev–Trinajstić information content (AvgIpc) is 2.79. The van der Waals surface area contributed by atoms with E-state index in [0.29, 0.717) is 6.54 Å². The molecule has 0 amide bonds. The van der Waals surface area contributed by atoms with Gasteiger partial charge in [-0.15, -0.1) is 0 Å². The molecule has 0 spiro atoms. The van der Waals surface area contributed by atoms with Gasteiger partial charge in [-0.2, -0.15) is 10.5 Å². The van der Waals surface area contributed by atoms with Crippen molar-refractivity contribution in [2.75, 3.05) is 18.0 Å². The highest BCUT2D eigenvalue weighted by Crippen LogP contribution is 2.30. The minimum atomic E-state index is 0.256. The van der Waals surface area contributed by atoms with Gasteiger partial charge in [-0.1, -0.05) is 31.9 Å². The fraction of sp³-hybridized carbons (Fsp3) is 0.231. The van der Waals surface area contributed by atoms with Crippen LogP contribution in [0.25, 0.3) is 0 Å². The molecule has 0 unspecified atom stereocenters. The molecule has 0 aliphatic carbocycles. The number of halogens is 2. The van der Waals surface area contributed by atoms with Crippen molar-refractivity contribution in [3.63, 3.8) is 0 Å². The normalized spacial score (nSPS) is 14.2. The van der Waals surface area contributed by atoms with Gasteiger partial charge in [0.1, 0.15) is 17.7 Å². The molecule has 1 aromatic carbocycles. The minimum absolute atomic E-state index is 0.256. The fourth-order valence-corrected chi connectivity index (χ4v) is 3.26. The number of benzene rings is 1. The average molecular weight is 367 g/mol. The Morgan fingerprint density at radius 3 is 2.28 bits per heavy atom. The van der Waals surface area contributed by atoms with Gasteiger partial charge in [-0.05, 0) is 30.2 Å². The van der Waals surface area contributed by atoms with Crippen LogP contribution in [-0.4, -0.2) is 13.1 Å². The maximum atomic E-state index is 8.87. The van der Waals surface area contributed by atoms with Gasteiger partial charge in [0, 0.05) is 27.7 Å². The van der Waals surface area contributed by atoms with E-state index >= 15 is 0 Å². The van der Waals surface area contributed by atoms with Gasteiger partial charge < -0.3 is 4.90 Å². The maximum Gasteiger partial charge on any atom is 0.130 e. The van der Waals surface area contributed by atoms with Crippen LogP contribution in [0.1, 0.15) is 6.42 Å². The van der Waals surface area contributed by atoms with Crippen LogP contribution in [0.3, 0.4) is 0 Å².